The van der Waals surface area contributed by atoms with Crippen LogP contribution >= 0.6 is 0 Å². The monoisotopic (exact) mass is 322 g/mol. The molecular formula is C18H30N2O3. The summed E-state index contributed by atoms with van der Waals surface area (Å²) in [5.74, 6) is 0.474. The molecule has 0 aromatic carbocycles. The van der Waals surface area contributed by atoms with E-state index in [0.29, 0.717) is 31.2 Å². The first-order valence-corrected chi connectivity index (χ1v) is 8.51. The van der Waals surface area contributed by atoms with Crippen molar-refractivity contribution in [2.24, 2.45) is 0 Å². The first-order chi connectivity index (χ1) is 11.0. The number of carbonyl (C=O) groups excluding carboxylic acids is 1. The van der Waals surface area contributed by atoms with Crippen LogP contribution < -0.4 is 10.1 Å². The Morgan fingerprint density at radius 2 is 2.00 bits per heavy atom. The maximum atomic E-state index is 12.6. The summed E-state index contributed by atoms with van der Waals surface area (Å²) in [6.07, 6.45) is 5.52. The summed E-state index contributed by atoms with van der Waals surface area (Å²) in [6, 6.07) is 1.87. The molecule has 0 fully saturated rings. The number of ether oxygens (including phenoxy) is 2. The van der Waals surface area contributed by atoms with Crippen molar-refractivity contribution in [3.8, 4) is 5.88 Å². The molecule has 1 aromatic rings. The summed E-state index contributed by atoms with van der Waals surface area (Å²) in [5.41, 5.74) is 0.752. The van der Waals surface area contributed by atoms with Crippen LogP contribution in [0.2, 0.25) is 0 Å². The number of anilines is 1. The van der Waals surface area contributed by atoms with Crippen LogP contribution in [0, 0.1) is 6.92 Å². The van der Waals surface area contributed by atoms with Crippen molar-refractivity contribution in [3.63, 3.8) is 0 Å². The highest BCUT2D eigenvalue weighted by Gasteiger charge is 2.33. The van der Waals surface area contributed by atoms with Crippen molar-refractivity contribution in [2.45, 2.75) is 65.9 Å². The number of rotatable bonds is 10. The number of aromatic nitrogens is 1. The molecule has 130 valence electrons. The molecule has 0 aliphatic carbocycles. The van der Waals surface area contributed by atoms with Crippen LogP contribution in [0.25, 0.3) is 0 Å². The zero-order chi connectivity index (χ0) is 17.3. The molecular weight excluding hydrogens is 292 g/mol. The fourth-order valence-corrected chi connectivity index (χ4v) is 2.46. The van der Waals surface area contributed by atoms with Crippen molar-refractivity contribution < 1.29 is 14.3 Å². The molecule has 0 spiro atoms. The number of carbonyl (C=O) groups is 1. The number of unbranched alkanes of at least 4 members (excludes halogenated alkanes) is 2. The highest BCUT2D eigenvalue weighted by atomic mass is 16.5. The summed E-state index contributed by atoms with van der Waals surface area (Å²) in [7, 11) is 0. The molecule has 23 heavy (non-hydrogen) atoms. The summed E-state index contributed by atoms with van der Waals surface area (Å²) in [4.78, 5) is 16.9. The van der Waals surface area contributed by atoms with Gasteiger partial charge in [-0.25, -0.2) is 4.98 Å². The lowest BCUT2D eigenvalue weighted by Crippen LogP contribution is -2.42. The van der Waals surface area contributed by atoms with Gasteiger partial charge in [0.1, 0.15) is 5.60 Å². The predicted molar refractivity (Wildman–Crippen MR) is 92.9 cm³/mol. The molecule has 1 amide bonds. The topological polar surface area (TPSA) is 60.5 Å². The molecule has 1 N–H and O–H groups in total. The first kappa shape index (κ1) is 19.4. The second-order valence-electron chi connectivity index (χ2n) is 5.85. The molecule has 0 unspecified atom stereocenters. The number of aryl methyl sites for hydroxylation is 1. The number of amides is 1. The van der Waals surface area contributed by atoms with Gasteiger partial charge in [0.05, 0.1) is 18.5 Å². The minimum absolute atomic E-state index is 0.124. The molecule has 0 aliphatic rings. The normalized spacial score (nSPS) is 13.4. The number of nitrogens with zero attached hydrogens (tertiary/aromatic N) is 1. The Hall–Kier alpha value is -1.62. The van der Waals surface area contributed by atoms with Crippen molar-refractivity contribution in [1.82, 2.24) is 4.98 Å². The highest BCUT2D eigenvalue weighted by molar-refractivity contribution is 5.97. The van der Waals surface area contributed by atoms with Crippen LogP contribution in [-0.4, -0.2) is 29.7 Å². The molecule has 0 saturated heterocycles. The van der Waals surface area contributed by atoms with E-state index < -0.39 is 5.60 Å². The second-order valence-corrected chi connectivity index (χ2v) is 5.85. The van der Waals surface area contributed by atoms with E-state index in [2.05, 4.69) is 17.2 Å². The molecule has 0 saturated carbocycles. The lowest BCUT2D eigenvalue weighted by molar-refractivity contribution is -0.139. The maximum absolute atomic E-state index is 12.6. The number of hydrogen-bond donors (Lipinski definition) is 1. The molecule has 1 atom stereocenters. The predicted octanol–water partition coefficient (Wildman–Crippen LogP) is 4.10. The van der Waals surface area contributed by atoms with Gasteiger partial charge in [0.25, 0.3) is 5.91 Å². The minimum atomic E-state index is -0.809. The van der Waals surface area contributed by atoms with E-state index in [1.807, 2.05) is 33.8 Å². The maximum Gasteiger partial charge on any atom is 0.256 e. The fourth-order valence-electron chi connectivity index (χ4n) is 2.46. The van der Waals surface area contributed by atoms with Crippen molar-refractivity contribution >= 4 is 11.6 Å². The zero-order valence-electron chi connectivity index (χ0n) is 15.1. The molecule has 5 heteroatoms. The Balaban J connectivity index is 2.79. The largest absolute Gasteiger partial charge is 0.478 e. The molecule has 0 radical (unpaired) electrons. The molecule has 0 bridgehead atoms. The number of pyridine rings is 1. The third-order valence-electron chi connectivity index (χ3n) is 3.77. The third kappa shape index (κ3) is 5.82. The van der Waals surface area contributed by atoms with Gasteiger partial charge in [-0.3, -0.25) is 4.79 Å². The number of nitrogens with one attached hydrogen (secondary N) is 1. The molecule has 1 heterocycles. The lowest BCUT2D eigenvalue weighted by Gasteiger charge is -2.28. The Morgan fingerprint density at radius 1 is 1.26 bits per heavy atom. The Labute approximate surface area is 139 Å². The molecule has 0 aliphatic heterocycles. The van der Waals surface area contributed by atoms with Gasteiger partial charge in [-0.1, -0.05) is 26.2 Å². The van der Waals surface area contributed by atoms with Gasteiger partial charge in [0, 0.05) is 12.2 Å². The van der Waals surface area contributed by atoms with Gasteiger partial charge in [-0.15, -0.1) is 0 Å². The Bertz CT molecular complexity index is 505. The van der Waals surface area contributed by atoms with Gasteiger partial charge >= 0.3 is 0 Å². The van der Waals surface area contributed by atoms with Crippen molar-refractivity contribution in [2.75, 3.05) is 18.5 Å². The Kier molecular flexibility index (Phi) is 8.03. The second kappa shape index (κ2) is 9.50. The van der Waals surface area contributed by atoms with Gasteiger partial charge in [0.15, 0.2) is 0 Å². The summed E-state index contributed by atoms with van der Waals surface area (Å²) in [6.45, 7) is 10.8. The van der Waals surface area contributed by atoms with Crippen LogP contribution in [0.5, 0.6) is 5.88 Å². The van der Waals surface area contributed by atoms with Crippen LogP contribution in [-0.2, 0) is 9.53 Å². The number of hydrogen-bond acceptors (Lipinski definition) is 4. The van der Waals surface area contributed by atoms with Gasteiger partial charge in [0.2, 0.25) is 5.88 Å². The average molecular weight is 322 g/mol. The SMILES string of the molecule is CCCCC[C@](C)(OCC)C(=O)Nc1cnc(OCC)c(C)c1. The smallest absolute Gasteiger partial charge is 0.256 e. The van der Waals surface area contributed by atoms with E-state index in [4.69, 9.17) is 9.47 Å². The van der Waals surface area contributed by atoms with E-state index in [0.717, 1.165) is 24.8 Å². The van der Waals surface area contributed by atoms with Gasteiger partial charge < -0.3 is 14.8 Å². The lowest BCUT2D eigenvalue weighted by atomic mass is 9.96. The van der Waals surface area contributed by atoms with E-state index in [9.17, 15) is 4.79 Å². The van der Waals surface area contributed by atoms with Crippen LogP contribution in [0.3, 0.4) is 0 Å². The average Bonchev–Trinajstić information content (AvgIpc) is 2.50. The zero-order valence-corrected chi connectivity index (χ0v) is 15.1. The highest BCUT2D eigenvalue weighted by Crippen LogP contribution is 2.24. The van der Waals surface area contributed by atoms with Crippen molar-refractivity contribution in [3.05, 3.63) is 17.8 Å². The first-order valence-electron chi connectivity index (χ1n) is 8.51. The summed E-state index contributed by atoms with van der Waals surface area (Å²) < 4.78 is 11.2. The standard InChI is InChI=1S/C18H30N2O3/c1-6-9-10-11-18(5,23-8-3)17(21)20-15-12-14(4)16(19-13-15)22-7-2/h12-13H,6-11H2,1-5H3,(H,20,21)/t18-/m0/s1. The summed E-state index contributed by atoms with van der Waals surface area (Å²) in [5, 5.41) is 2.92. The molecule has 1 rings (SSSR count). The molecule has 5 nitrogen and oxygen atoms in total. The van der Waals surface area contributed by atoms with E-state index in [1.165, 1.54) is 0 Å². The van der Waals surface area contributed by atoms with Crippen LogP contribution in [0.1, 0.15) is 58.9 Å². The Morgan fingerprint density at radius 3 is 2.57 bits per heavy atom. The van der Waals surface area contributed by atoms with Crippen LogP contribution in [0.15, 0.2) is 12.3 Å². The van der Waals surface area contributed by atoms with E-state index >= 15 is 0 Å². The summed E-state index contributed by atoms with van der Waals surface area (Å²) >= 11 is 0. The van der Waals surface area contributed by atoms with Gasteiger partial charge in [-0.05, 0) is 40.2 Å². The quantitative estimate of drug-likeness (QED) is 0.659. The minimum Gasteiger partial charge on any atom is -0.478 e. The third-order valence-corrected chi connectivity index (χ3v) is 3.77. The fraction of sp³-hybridized carbons (Fsp3) is 0.667. The van der Waals surface area contributed by atoms with E-state index in [-0.39, 0.29) is 5.91 Å². The molecule has 1 aromatic heterocycles. The van der Waals surface area contributed by atoms with Crippen molar-refractivity contribution in [1.29, 1.82) is 0 Å². The van der Waals surface area contributed by atoms with Gasteiger partial charge in [-0.2, -0.15) is 0 Å². The van der Waals surface area contributed by atoms with E-state index in [1.54, 1.807) is 6.20 Å². The van der Waals surface area contributed by atoms with Crippen LogP contribution in [0.4, 0.5) is 5.69 Å².